The molecule has 0 aliphatic carbocycles. The van der Waals surface area contributed by atoms with Crippen molar-refractivity contribution in [1.82, 2.24) is 9.80 Å². The van der Waals surface area contributed by atoms with E-state index in [-0.39, 0.29) is 11.7 Å². The summed E-state index contributed by atoms with van der Waals surface area (Å²) in [5, 5.41) is 10.9. The Kier molecular flexibility index (Phi) is 4.88. The van der Waals surface area contributed by atoms with E-state index in [1.54, 1.807) is 31.1 Å². The third-order valence-corrected chi connectivity index (χ3v) is 4.69. The molecule has 132 valence electrons. The van der Waals surface area contributed by atoms with Gasteiger partial charge in [0.2, 0.25) is 0 Å². The van der Waals surface area contributed by atoms with Crippen molar-refractivity contribution in [3.05, 3.63) is 71.0 Å². The maximum atomic E-state index is 13.1. The molecule has 4 nitrogen and oxygen atoms in total. The number of likely N-dealkylation sites (tertiary alicyclic amines) is 1. The molecule has 2 aromatic carbocycles. The zero-order valence-corrected chi connectivity index (χ0v) is 14.6. The molecule has 1 N–H and O–H groups in total. The molecule has 0 bridgehead atoms. The highest BCUT2D eigenvalue weighted by molar-refractivity contribution is 5.94. The van der Waals surface area contributed by atoms with E-state index in [2.05, 4.69) is 4.90 Å². The van der Waals surface area contributed by atoms with Crippen LogP contribution in [0.5, 0.6) is 0 Å². The molecule has 0 saturated carbocycles. The number of β-amino-alcohol motifs (C(OH)–C–C–N with tert-alkyl or cyclic N) is 1. The van der Waals surface area contributed by atoms with E-state index in [4.69, 9.17) is 0 Å². The molecule has 3 rings (SSSR count). The van der Waals surface area contributed by atoms with Gasteiger partial charge in [0.1, 0.15) is 11.4 Å². The highest BCUT2D eigenvalue weighted by Gasteiger charge is 2.37. The normalized spacial score (nSPS) is 20.6. The molecule has 1 atom stereocenters. The molecule has 5 heteroatoms. The largest absolute Gasteiger partial charge is 0.384 e. The molecular formula is C20H23FN2O2. The first-order valence-electron chi connectivity index (χ1n) is 8.39. The summed E-state index contributed by atoms with van der Waals surface area (Å²) in [6.45, 7) is 1.91. The van der Waals surface area contributed by atoms with Crippen molar-refractivity contribution in [3.8, 4) is 0 Å². The zero-order chi connectivity index (χ0) is 18.0. The maximum Gasteiger partial charge on any atom is 0.253 e. The van der Waals surface area contributed by atoms with Gasteiger partial charge in [0.15, 0.2) is 0 Å². The molecule has 0 aromatic heterocycles. The van der Waals surface area contributed by atoms with Crippen molar-refractivity contribution in [1.29, 1.82) is 0 Å². The Balaban J connectivity index is 1.70. The van der Waals surface area contributed by atoms with Crippen LogP contribution in [0.4, 0.5) is 4.39 Å². The summed E-state index contributed by atoms with van der Waals surface area (Å²) in [5.74, 6) is -0.323. The smallest absolute Gasteiger partial charge is 0.253 e. The zero-order valence-electron chi connectivity index (χ0n) is 14.6. The fourth-order valence-electron chi connectivity index (χ4n) is 3.32. The van der Waals surface area contributed by atoms with Crippen LogP contribution in [0.2, 0.25) is 0 Å². The Morgan fingerprint density at radius 2 is 1.96 bits per heavy atom. The number of carbonyl (C=O) groups excluding carboxylic acids is 1. The van der Waals surface area contributed by atoms with Gasteiger partial charge < -0.3 is 10.0 Å². The number of benzene rings is 2. The Labute approximate surface area is 147 Å². The van der Waals surface area contributed by atoms with Crippen molar-refractivity contribution in [3.63, 3.8) is 0 Å². The Morgan fingerprint density at radius 1 is 1.24 bits per heavy atom. The predicted molar refractivity (Wildman–Crippen MR) is 94.7 cm³/mol. The topological polar surface area (TPSA) is 43.8 Å². The summed E-state index contributed by atoms with van der Waals surface area (Å²) in [7, 11) is 3.47. The SMILES string of the molecule is CN(C)C(=O)c1cccc(CN2CCC(O)(c3ccc(F)cc3)C2)c1. The number of hydrogen-bond donors (Lipinski definition) is 1. The average molecular weight is 342 g/mol. The van der Waals surface area contributed by atoms with Crippen LogP contribution in [0.25, 0.3) is 0 Å². The van der Waals surface area contributed by atoms with Gasteiger partial charge in [-0.2, -0.15) is 0 Å². The van der Waals surface area contributed by atoms with Crippen molar-refractivity contribution in [2.75, 3.05) is 27.2 Å². The monoisotopic (exact) mass is 342 g/mol. The van der Waals surface area contributed by atoms with Crippen LogP contribution >= 0.6 is 0 Å². The summed E-state index contributed by atoms with van der Waals surface area (Å²) in [6, 6.07) is 13.6. The lowest BCUT2D eigenvalue weighted by molar-refractivity contribution is 0.0452. The molecule has 2 aromatic rings. The van der Waals surface area contributed by atoms with Gasteiger partial charge in [-0.25, -0.2) is 4.39 Å². The number of carbonyl (C=O) groups is 1. The molecule has 1 aliphatic rings. The van der Waals surface area contributed by atoms with E-state index in [0.717, 1.165) is 17.7 Å². The fourth-order valence-corrected chi connectivity index (χ4v) is 3.32. The Morgan fingerprint density at radius 3 is 2.64 bits per heavy atom. The summed E-state index contributed by atoms with van der Waals surface area (Å²) >= 11 is 0. The molecule has 1 heterocycles. The van der Waals surface area contributed by atoms with E-state index >= 15 is 0 Å². The lowest BCUT2D eigenvalue weighted by Crippen LogP contribution is -2.30. The Bertz CT molecular complexity index is 761. The molecule has 25 heavy (non-hydrogen) atoms. The molecule has 0 radical (unpaired) electrons. The second kappa shape index (κ2) is 6.94. The number of rotatable bonds is 4. The predicted octanol–water partition coefficient (Wildman–Crippen LogP) is 2.62. The standard InChI is InChI=1S/C20H23FN2O2/c1-22(2)19(24)16-5-3-4-15(12-16)13-23-11-10-20(25,14-23)17-6-8-18(21)9-7-17/h3-9,12,25H,10-11,13-14H2,1-2H3. The first-order valence-corrected chi connectivity index (χ1v) is 8.39. The number of nitrogens with zero attached hydrogens (tertiary/aromatic N) is 2. The molecule has 1 unspecified atom stereocenters. The highest BCUT2D eigenvalue weighted by atomic mass is 19.1. The van der Waals surface area contributed by atoms with E-state index < -0.39 is 5.60 Å². The summed E-state index contributed by atoms with van der Waals surface area (Å²) in [5.41, 5.74) is 1.49. The minimum atomic E-state index is -0.954. The first-order chi connectivity index (χ1) is 11.9. The van der Waals surface area contributed by atoms with Gasteiger partial charge >= 0.3 is 0 Å². The summed E-state index contributed by atoms with van der Waals surface area (Å²) < 4.78 is 13.1. The number of hydrogen-bond acceptors (Lipinski definition) is 3. The van der Waals surface area contributed by atoms with Crippen LogP contribution in [-0.2, 0) is 12.1 Å². The second-order valence-electron chi connectivity index (χ2n) is 6.90. The third-order valence-electron chi connectivity index (χ3n) is 4.69. The second-order valence-corrected chi connectivity index (χ2v) is 6.90. The van der Waals surface area contributed by atoms with Gasteiger partial charge in [-0.3, -0.25) is 9.69 Å². The molecule has 0 spiro atoms. The quantitative estimate of drug-likeness (QED) is 0.929. The van der Waals surface area contributed by atoms with Crippen LogP contribution in [0.1, 0.15) is 27.9 Å². The van der Waals surface area contributed by atoms with Crippen LogP contribution in [0.15, 0.2) is 48.5 Å². The van der Waals surface area contributed by atoms with Crippen LogP contribution < -0.4 is 0 Å². The first kappa shape index (κ1) is 17.6. The number of halogens is 1. The minimum Gasteiger partial charge on any atom is -0.384 e. The molecule has 1 aliphatic heterocycles. The molecule has 1 saturated heterocycles. The molecular weight excluding hydrogens is 319 g/mol. The van der Waals surface area contributed by atoms with Crippen LogP contribution in [-0.4, -0.2) is 48.0 Å². The third kappa shape index (κ3) is 3.89. The van der Waals surface area contributed by atoms with Gasteiger partial charge in [0.05, 0.1) is 0 Å². The number of aliphatic hydroxyl groups is 1. The van der Waals surface area contributed by atoms with Gasteiger partial charge in [0, 0.05) is 39.3 Å². The van der Waals surface area contributed by atoms with Crippen molar-refractivity contribution < 1.29 is 14.3 Å². The number of amides is 1. The van der Waals surface area contributed by atoms with E-state index in [9.17, 15) is 14.3 Å². The van der Waals surface area contributed by atoms with Gasteiger partial charge in [-0.05, 0) is 41.8 Å². The van der Waals surface area contributed by atoms with Crippen molar-refractivity contribution >= 4 is 5.91 Å². The average Bonchev–Trinajstić information content (AvgIpc) is 2.97. The van der Waals surface area contributed by atoms with E-state index in [1.807, 2.05) is 24.3 Å². The summed E-state index contributed by atoms with van der Waals surface area (Å²) in [4.78, 5) is 15.8. The minimum absolute atomic E-state index is 0.0221. The van der Waals surface area contributed by atoms with E-state index in [0.29, 0.717) is 25.1 Å². The van der Waals surface area contributed by atoms with Gasteiger partial charge in [-0.1, -0.05) is 24.3 Å². The highest BCUT2D eigenvalue weighted by Crippen LogP contribution is 2.32. The van der Waals surface area contributed by atoms with Crippen molar-refractivity contribution in [2.45, 2.75) is 18.6 Å². The Hall–Kier alpha value is -2.24. The lowest BCUT2D eigenvalue weighted by Gasteiger charge is -2.24. The van der Waals surface area contributed by atoms with Gasteiger partial charge in [-0.15, -0.1) is 0 Å². The van der Waals surface area contributed by atoms with Gasteiger partial charge in [0.25, 0.3) is 5.91 Å². The van der Waals surface area contributed by atoms with Crippen LogP contribution in [0.3, 0.4) is 0 Å². The maximum absolute atomic E-state index is 13.1. The fraction of sp³-hybridized carbons (Fsp3) is 0.350. The van der Waals surface area contributed by atoms with Crippen molar-refractivity contribution in [2.24, 2.45) is 0 Å². The van der Waals surface area contributed by atoms with E-state index in [1.165, 1.54) is 12.1 Å². The van der Waals surface area contributed by atoms with Crippen LogP contribution in [0, 0.1) is 5.82 Å². The molecule has 1 amide bonds. The molecule has 1 fully saturated rings. The summed E-state index contributed by atoms with van der Waals surface area (Å²) in [6.07, 6.45) is 0.606. The lowest BCUT2D eigenvalue weighted by atomic mass is 9.93.